The lowest BCUT2D eigenvalue weighted by Gasteiger charge is -2.15. The van der Waals surface area contributed by atoms with E-state index in [0.717, 1.165) is 12.8 Å². The van der Waals surface area contributed by atoms with Crippen LogP contribution >= 0.6 is 0 Å². The minimum atomic E-state index is -4.06. The van der Waals surface area contributed by atoms with Crippen molar-refractivity contribution in [2.75, 3.05) is 11.3 Å². The number of halogens is 1. The van der Waals surface area contributed by atoms with E-state index in [9.17, 15) is 17.6 Å². The Morgan fingerprint density at radius 1 is 1.09 bits per heavy atom. The van der Waals surface area contributed by atoms with Crippen LogP contribution < -0.4 is 19.9 Å². The summed E-state index contributed by atoms with van der Waals surface area (Å²) in [5.41, 5.74) is 0.832. The van der Waals surface area contributed by atoms with Crippen LogP contribution in [0.2, 0.25) is 0 Å². The minimum absolute atomic E-state index is 0.0539. The summed E-state index contributed by atoms with van der Waals surface area (Å²) in [4.78, 5) is 16.4. The van der Waals surface area contributed by atoms with Gasteiger partial charge in [0.15, 0.2) is 22.3 Å². The lowest BCUT2D eigenvalue weighted by atomic mass is 10.2. The lowest BCUT2D eigenvalue weighted by molar-refractivity contribution is 0.284. The maximum atomic E-state index is 14.3. The molecule has 2 aromatic carbocycles. The second kappa shape index (κ2) is 8.45. The number of sulfonamides is 1. The van der Waals surface area contributed by atoms with Crippen LogP contribution in [0.5, 0.6) is 17.2 Å². The van der Waals surface area contributed by atoms with E-state index in [-0.39, 0.29) is 33.7 Å². The molecule has 1 aliphatic rings. The second-order valence-corrected chi connectivity index (χ2v) is 10.3. The van der Waals surface area contributed by atoms with E-state index in [0.29, 0.717) is 23.6 Å². The highest BCUT2D eigenvalue weighted by Gasteiger charge is 2.24. The van der Waals surface area contributed by atoms with Crippen LogP contribution in [0.3, 0.4) is 0 Å². The Balaban J connectivity index is 1.56. The van der Waals surface area contributed by atoms with Crippen LogP contribution in [-0.2, 0) is 31.2 Å². The highest BCUT2D eigenvalue weighted by Crippen LogP contribution is 2.37. The molecular weight excluding hydrogens is 477 g/mol. The van der Waals surface area contributed by atoms with Crippen molar-refractivity contribution in [1.82, 2.24) is 18.7 Å². The van der Waals surface area contributed by atoms with Crippen LogP contribution in [0.4, 0.5) is 10.1 Å². The van der Waals surface area contributed by atoms with Gasteiger partial charge in [0.2, 0.25) is 0 Å². The number of imidazole rings is 2. The zero-order valence-corrected chi connectivity index (χ0v) is 20.2. The molecule has 0 amide bonds. The van der Waals surface area contributed by atoms with Gasteiger partial charge in [-0.15, -0.1) is 0 Å². The number of ether oxygens (including phenoxy) is 2. The van der Waals surface area contributed by atoms with Gasteiger partial charge in [-0.2, -0.15) is 8.42 Å². The number of nitrogens with zero attached hydrogens (tertiary/aromatic N) is 4. The molecule has 184 valence electrons. The summed E-state index contributed by atoms with van der Waals surface area (Å²) >= 11 is 0. The normalized spacial score (nSPS) is 13.8. The summed E-state index contributed by atoms with van der Waals surface area (Å²) in [5, 5.41) is -0.175. The predicted octanol–water partition coefficient (Wildman–Crippen LogP) is 3.13. The van der Waals surface area contributed by atoms with Crippen LogP contribution in [0.1, 0.15) is 12.8 Å². The molecule has 5 rings (SSSR count). The Bertz CT molecular complexity index is 1600. The average molecular weight is 502 g/mol. The highest BCUT2D eigenvalue weighted by atomic mass is 32.2. The number of fused-ring (bicyclic) bond motifs is 1. The van der Waals surface area contributed by atoms with Crippen molar-refractivity contribution in [2.45, 2.75) is 17.9 Å². The van der Waals surface area contributed by atoms with Crippen molar-refractivity contribution in [3.63, 3.8) is 0 Å². The number of anilines is 1. The van der Waals surface area contributed by atoms with Gasteiger partial charge in [-0.3, -0.25) is 13.9 Å². The molecule has 0 radical (unpaired) electrons. The van der Waals surface area contributed by atoms with Gasteiger partial charge in [-0.25, -0.2) is 14.2 Å². The van der Waals surface area contributed by atoms with Gasteiger partial charge in [0.05, 0.1) is 29.7 Å². The number of hydrogen-bond acceptors (Lipinski definition) is 6. The minimum Gasteiger partial charge on any atom is -0.490 e. The first-order valence-corrected chi connectivity index (χ1v) is 12.4. The summed E-state index contributed by atoms with van der Waals surface area (Å²) < 4.78 is 58.7. The van der Waals surface area contributed by atoms with Gasteiger partial charge >= 0.3 is 5.69 Å². The van der Waals surface area contributed by atoms with Crippen molar-refractivity contribution in [2.24, 2.45) is 27.1 Å². The molecule has 0 saturated heterocycles. The van der Waals surface area contributed by atoms with Crippen molar-refractivity contribution < 1.29 is 22.3 Å². The number of aryl methyl sites for hydroxylation is 3. The molecule has 2 heterocycles. The molecule has 1 saturated carbocycles. The number of aromatic nitrogens is 4. The smallest absolute Gasteiger partial charge is 0.328 e. The molecule has 12 heteroatoms. The molecule has 1 fully saturated rings. The Morgan fingerprint density at radius 2 is 1.80 bits per heavy atom. The Morgan fingerprint density at radius 3 is 2.46 bits per heavy atom. The van der Waals surface area contributed by atoms with E-state index < -0.39 is 15.8 Å². The van der Waals surface area contributed by atoms with E-state index in [1.54, 1.807) is 27.2 Å². The van der Waals surface area contributed by atoms with Gasteiger partial charge in [0.1, 0.15) is 5.75 Å². The van der Waals surface area contributed by atoms with Crippen LogP contribution in [-0.4, -0.2) is 33.7 Å². The third-order valence-electron chi connectivity index (χ3n) is 5.88. The molecule has 4 aromatic rings. The fourth-order valence-electron chi connectivity index (χ4n) is 3.69. The van der Waals surface area contributed by atoms with E-state index in [4.69, 9.17) is 9.47 Å². The third kappa shape index (κ3) is 4.48. The summed E-state index contributed by atoms with van der Waals surface area (Å²) in [6.07, 6.45) is 4.86. The molecule has 0 spiro atoms. The summed E-state index contributed by atoms with van der Waals surface area (Å²) in [6.45, 7) is 0.424. The van der Waals surface area contributed by atoms with Gasteiger partial charge in [-0.1, -0.05) is 0 Å². The van der Waals surface area contributed by atoms with Crippen molar-refractivity contribution >= 4 is 26.7 Å². The molecule has 0 aliphatic heterocycles. The summed E-state index contributed by atoms with van der Waals surface area (Å²) in [7, 11) is 0.792. The quantitative estimate of drug-likeness (QED) is 0.397. The van der Waals surface area contributed by atoms with Crippen LogP contribution in [0, 0.1) is 11.7 Å². The highest BCUT2D eigenvalue weighted by molar-refractivity contribution is 7.92. The molecule has 0 atom stereocenters. The second-order valence-electron chi connectivity index (χ2n) is 8.67. The van der Waals surface area contributed by atoms with Crippen molar-refractivity contribution in [3.05, 3.63) is 59.2 Å². The molecule has 1 N–H and O–H groups in total. The Hall–Kier alpha value is -3.80. The first-order valence-electron chi connectivity index (χ1n) is 10.9. The number of nitrogens with one attached hydrogen (secondary N) is 1. The summed E-state index contributed by atoms with van der Waals surface area (Å²) in [5.74, 6) is 0.343. The summed E-state index contributed by atoms with van der Waals surface area (Å²) in [6, 6.07) is 7.14. The van der Waals surface area contributed by atoms with E-state index >= 15 is 0 Å². The molecule has 0 bridgehead atoms. The largest absolute Gasteiger partial charge is 0.490 e. The fraction of sp³-hybridized carbons (Fsp3) is 0.304. The van der Waals surface area contributed by atoms with Crippen molar-refractivity contribution in [1.29, 1.82) is 0 Å². The standard InChI is InChI=1S/C23H24FN5O5S/c1-27-11-22(25-13-27)35(31,32)26-17-9-18-19(29(3)23(30)28(18)2)10-21(17)34-15-6-7-16(24)20(8-15)33-12-14-4-5-14/h6-11,13-14,26H,4-5,12H2,1-3H3. The molecule has 0 unspecified atom stereocenters. The molecular formula is C23H24FN5O5S. The van der Waals surface area contributed by atoms with E-state index in [1.807, 2.05) is 0 Å². The Labute approximate surface area is 200 Å². The van der Waals surface area contributed by atoms with Gasteiger partial charge < -0.3 is 14.0 Å². The number of benzene rings is 2. The lowest BCUT2D eigenvalue weighted by Crippen LogP contribution is -2.19. The van der Waals surface area contributed by atoms with Crippen molar-refractivity contribution in [3.8, 4) is 17.2 Å². The first kappa shape index (κ1) is 23.0. The third-order valence-corrected chi connectivity index (χ3v) is 7.13. The average Bonchev–Trinajstić information content (AvgIpc) is 3.50. The first-order chi connectivity index (χ1) is 16.6. The molecule has 35 heavy (non-hydrogen) atoms. The maximum absolute atomic E-state index is 14.3. The zero-order chi connectivity index (χ0) is 24.9. The fourth-order valence-corrected chi connectivity index (χ4v) is 4.74. The molecule has 10 nitrogen and oxygen atoms in total. The molecule has 2 aromatic heterocycles. The van der Waals surface area contributed by atoms with Gasteiger partial charge in [0.25, 0.3) is 10.0 Å². The number of rotatable bonds is 8. The maximum Gasteiger partial charge on any atom is 0.328 e. The monoisotopic (exact) mass is 501 g/mol. The zero-order valence-electron chi connectivity index (χ0n) is 19.4. The van der Waals surface area contributed by atoms with E-state index in [1.165, 1.54) is 50.5 Å². The number of hydrogen-bond donors (Lipinski definition) is 1. The van der Waals surface area contributed by atoms with E-state index in [2.05, 4.69) is 9.71 Å². The molecule has 1 aliphatic carbocycles. The van der Waals surface area contributed by atoms with Gasteiger partial charge in [-0.05, 0) is 37.0 Å². The predicted molar refractivity (Wildman–Crippen MR) is 127 cm³/mol. The Kier molecular flexibility index (Phi) is 5.55. The van der Waals surface area contributed by atoms with Gasteiger partial charge in [0, 0.05) is 39.5 Å². The van der Waals surface area contributed by atoms with Crippen LogP contribution in [0.25, 0.3) is 11.0 Å². The SMILES string of the molecule is Cn1cnc(S(=O)(=O)Nc2cc3c(cc2Oc2ccc(F)c(OCC4CC4)c2)n(C)c(=O)n3C)c1. The van der Waals surface area contributed by atoms with Crippen LogP contribution in [0.15, 0.2) is 52.7 Å². The topological polar surface area (TPSA) is 109 Å².